The number of halogens is 2. The van der Waals surface area contributed by atoms with E-state index in [9.17, 15) is 0 Å². The third-order valence-electron chi connectivity index (χ3n) is 5.82. The van der Waals surface area contributed by atoms with Gasteiger partial charge in [-0.1, -0.05) is 35.3 Å². The first-order chi connectivity index (χ1) is 12.0. The van der Waals surface area contributed by atoms with Crippen molar-refractivity contribution >= 4 is 34.8 Å². The van der Waals surface area contributed by atoms with Crippen LogP contribution in [0.1, 0.15) is 25.7 Å². The number of benzene rings is 1. The summed E-state index contributed by atoms with van der Waals surface area (Å²) in [4.78, 5) is 11.3. The fraction of sp³-hybridized carbons (Fsp3) is 0.444. The second-order valence-corrected chi connectivity index (χ2v) is 7.84. The molecule has 0 unspecified atom stereocenters. The molecule has 25 heavy (non-hydrogen) atoms. The molecule has 4 rings (SSSR count). The van der Waals surface area contributed by atoms with Gasteiger partial charge in [0.25, 0.3) is 0 Å². The molecule has 1 aliphatic carbocycles. The molecular weight excluding hydrogens is 357 g/mol. The smallest absolute Gasteiger partial charge is 0.152 e. The molecule has 2 aliphatic rings. The summed E-state index contributed by atoms with van der Waals surface area (Å²) in [5, 5.41) is 0.916. The molecule has 1 saturated carbocycles. The topological polar surface area (TPSA) is 81.1 Å². The normalized spacial score (nSPS) is 22.0. The van der Waals surface area contributed by atoms with Gasteiger partial charge in [-0.3, -0.25) is 0 Å². The van der Waals surface area contributed by atoms with E-state index in [4.69, 9.17) is 34.7 Å². The fourth-order valence-corrected chi connectivity index (χ4v) is 4.35. The van der Waals surface area contributed by atoms with E-state index in [1.807, 2.05) is 12.1 Å². The van der Waals surface area contributed by atoms with Crippen molar-refractivity contribution < 1.29 is 0 Å². The molecule has 0 radical (unpaired) electrons. The maximum absolute atomic E-state index is 6.28. The van der Waals surface area contributed by atoms with Crippen LogP contribution in [-0.2, 0) is 0 Å². The Kier molecular flexibility index (Phi) is 4.26. The van der Waals surface area contributed by atoms with Gasteiger partial charge in [0, 0.05) is 24.7 Å². The lowest BCUT2D eigenvalue weighted by atomic mass is 9.60. The summed E-state index contributed by atoms with van der Waals surface area (Å²) in [5.41, 5.74) is 14.0. The Labute approximate surface area is 157 Å². The monoisotopic (exact) mass is 377 g/mol. The zero-order chi connectivity index (χ0) is 17.6. The van der Waals surface area contributed by atoms with Crippen LogP contribution in [-0.4, -0.2) is 29.1 Å². The summed E-state index contributed by atoms with van der Waals surface area (Å²) in [6.45, 7) is 1.89. The molecule has 1 saturated heterocycles. The quantitative estimate of drug-likeness (QED) is 0.832. The third-order valence-corrected chi connectivity index (χ3v) is 6.64. The van der Waals surface area contributed by atoms with Crippen LogP contribution < -0.4 is 16.4 Å². The van der Waals surface area contributed by atoms with Crippen LogP contribution in [0.2, 0.25) is 10.0 Å². The number of anilines is 2. The zero-order valence-corrected chi connectivity index (χ0v) is 15.4. The molecule has 2 heterocycles. The number of piperidine rings is 1. The average molecular weight is 378 g/mol. The van der Waals surface area contributed by atoms with E-state index in [1.165, 1.54) is 6.42 Å². The van der Waals surface area contributed by atoms with Gasteiger partial charge in [-0.15, -0.1) is 0 Å². The van der Waals surface area contributed by atoms with Crippen molar-refractivity contribution in [3.05, 3.63) is 34.4 Å². The van der Waals surface area contributed by atoms with Gasteiger partial charge in [0.2, 0.25) is 0 Å². The first kappa shape index (κ1) is 16.9. The van der Waals surface area contributed by atoms with Crippen molar-refractivity contribution in [1.82, 2.24) is 9.97 Å². The highest BCUT2D eigenvalue weighted by atomic mass is 35.5. The van der Waals surface area contributed by atoms with Gasteiger partial charge in [-0.25, -0.2) is 9.97 Å². The maximum Gasteiger partial charge on any atom is 0.152 e. The molecule has 0 bridgehead atoms. The highest BCUT2D eigenvalue weighted by molar-refractivity contribution is 6.43. The summed E-state index contributed by atoms with van der Waals surface area (Å²) in [6.07, 6.45) is 6.39. The van der Waals surface area contributed by atoms with Crippen molar-refractivity contribution in [3.63, 3.8) is 0 Å². The van der Waals surface area contributed by atoms with Gasteiger partial charge in [0.15, 0.2) is 5.82 Å². The summed E-state index contributed by atoms with van der Waals surface area (Å²) >= 11 is 12.4. The lowest BCUT2D eigenvalue weighted by Crippen LogP contribution is -2.56. The highest BCUT2D eigenvalue weighted by Gasteiger charge is 2.46. The number of rotatable bonds is 2. The molecule has 1 atom stereocenters. The van der Waals surface area contributed by atoms with Crippen molar-refractivity contribution in [3.8, 4) is 11.3 Å². The Morgan fingerprint density at radius 2 is 1.92 bits per heavy atom. The summed E-state index contributed by atoms with van der Waals surface area (Å²) in [7, 11) is 0. The summed E-state index contributed by atoms with van der Waals surface area (Å²) < 4.78 is 0. The molecule has 5 nitrogen and oxygen atoms in total. The number of nitrogen functional groups attached to an aromatic ring is 1. The van der Waals surface area contributed by atoms with E-state index in [-0.39, 0.29) is 0 Å². The Morgan fingerprint density at radius 1 is 1.16 bits per heavy atom. The van der Waals surface area contributed by atoms with Gasteiger partial charge in [-0.2, -0.15) is 0 Å². The van der Waals surface area contributed by atoms with Gasteiger partial charge in [0.05, 0.1) is 16.2 Å². The lowest BCUT2D eigenvalue weighted by Gasteiger charge is -2.52. The molecule has 1 spiro atoms. The van der Waals surface area contributed by atoms with Crippen molar-refractivity contribution in [1.29, 1.82) is 0 Å². The number of aromatic nitrogens is 2. The molecule has 0 amide bonds. The maximum atomic E-state index is 6.28. The molecule has 2 fully saturated rings. The van der Waals surface area contributed by atoms with Crippen LogP contribution in [0.3, 0.4) is 0 Å². The number of hydrogen-bond donors (Lipinski definition) is 2. The largest absolute Gasteiger partial charge is 0.382 e. The predicted molar refractivity (Wildman–Crippen MR) is 103 cm³/mol. The molecule has 7 heteroatoms. The molecular formula is C18H21Cl2N5. The van der Waals surface area contributed by atoms with E-state index >= 15 is 0 Å². The second-order valence-electron chi connectivity index (χ2n) is 7.06. The summed E-state index contributed by atoms with van der Waals surface area (Å²) in [5.74, 6) is 1.17. The molecule has 4 N–H and O–H groups in total. The van der Waals surface area contributed by atoms with E-state index in [2.05, 4.69) is 14.9 Å². The molecule has 1 aromatic heterocycles. The number of nitrogens with two attached hydrogens (primary N) is 2. The van der Waals surface area contributed by atoms with Crippen LogP contribution in [0.25, 0.3) is 11.3 Å². The first-order valence-electron chi connectivity index (χ1n) is 8.58. The SMILES string of the molecule is Nc1nc(N2CCC3(CC[C@H]3N)CC2)cnc1-c1cccc(Cl)c1Cl. The Bertz CT molecular complexity index is 802. The Balaban J connectivity index is 1.55. The minimum atomic E-state index is 0.351. The number of nitrogens with zero attached hydrogens (tertiary/aromatic N) is 3. The zero-order valence-electron chi connectivity index (χ0n) is 13.9. The van der Waals surface area contributed by atoms with E-state index < -0.39 is 0 Å². The first-order valence-corrected chi connectivity index (χ1v) is 9.33. The van der Waals surface area contributed by atoms with Crippen molar-refractivity contribution in [2.45, 2.75) is 31.7 Å². The predicted octanol–water partition coefficient (Wildman–Crippen LogP) is 3.74. The Hall–Kier alpha value is -1.56. The fourth-order valence-electron chi connectivity index (χ4n) is 3.96. The van der Waals surface area contributed by atoms with Crippen LogP contribution in [0.5, 0.6) is 0 Å². The van der Waals surface area contributed by atoms with Crippen molar-refractivity contribution in [2.24, 2.45) is 11.1 Å². The van der Waals surface area contributed by atoms with Gasteiger partial charge in [-0.05, 0) is 37.2 Å². The lowest BCUT2D eigenvalue weighted by molar-refractivity contribution is 0.0610. The Morgan fingerprint density at radius 3 is 2.52 bits per heavy atom. The third kappa shape index (κ3) is 2.84. The second kappa shape index (κ2) is 6.31. The van der Waals surface area contributed by atoms with Gasteiger partial charge >= 0.3 is 0 Å². The minimum Gasteiger partial charge on any atom is -0.382 e. The van der Waals surface area contributed by atoms with E-state index in [1.54, 1.807) is 12.3 Å². The molecule has 2 aromatic rings. The summed E-state index contributed by atoms with van der Waals surface area (Å²) in [6, 6.07) is 5.76. The number of hydrogen-bond acceptors (Lipinski definition) is 5. The van der Waals surface area contributed by atoms with Crippen molar-refractivity contribution in [2.75, 3.05) is 23.7 Å². The van der Waals surface area contributed by atoms with Gasteiger partial charge in [0.1, 0.15) is 11.5 Å². The van der Waals surface area contributed by atoms with Crippen LogP contribution in [0, 0.1) is 5.41 Å². The minimum absolute atomic E-state index is 0.351. The molecule has 1 aromatic carbocycles. The van der Waals surface area contributed by atoms with E-state index in [0.717, 1.165) is 38.2 Å². The molecule has 132 valence electrons. The molecule has 1 aliphatic heterocycles. The van der Waals surface area contributed by atoms with Crippen LogP contribution >= 0.6 is 23.2 Å². The van der Waals surface area contributed by atoms with Crippen LogP contribution in [0.15, 0.2) is 24.4 Å². The average Bonchev–Trinajstić information content (AvgIpc) is 2.63. The van der Waals surface area contributed by atoms with Gasteiger partial charge < -0.3 is 16.4 Å². The van der Waals surface area contributed by atoms with E-state index in [0.29, 0.717) is 38.6 Å². The highest BCUT2D eigenvalue weighted by Crippen LogP contribution is 2.48. The van der Waals surface area contributed by atoms with Crippen LogP contribution in [0.4, 0.5) is 11.6 Å². The standard InChI is InChI=1S/C18H21Cl2N5/c19-12-3-1-2-11(15(12)20)16-17(22)24-14(10-23-16)25-8-6-18(7-9-25)5-4-13(18)21/h1-3,10,13H,4-9,21H2,(H2,22,24)/t13-/m1/s1.